The summed E-state index contributed by atoms with van der Waals surface area (Å²) in [6, 6.07) is 8.32. The van der Waals surface area contributed by atoms with Gasteiger partial charge in [0, 0.05) is 17.8 Å². The number of hydrogen-bond acceptors (Lipinski definition) is 6. The van der Waals surface area contributed by atoms with E-state index < -0.39 is 0 Å². The number of rotatable bonds is 3. The first-order valence-corrected chi connectivity index (χ1v) is 6.35. The Labute approximate surface area is 120 Å². The van der Waals surface area contributed by atoms with E-state index in [1.165, 1.54) is 7.11 Å². The van der Waals surface area contributed by atoms with Gasteiger partial charge < -0.3 is 19.5 Å². The van der Waals surface area contributed by atoms with Crippen molar-refractivity contribution < 1.29 is 19.0 Å². The number of nitrogens with zero attached hydrogens (tertiary/aromatic N) is 2. The van der Waals surface area contributed by atoms with E-state index in [1.54, 1.807) is 30.3 Å². The molecule has 0 saturated heterocycles. The molecule has 0 atom stereocenters. The van der Waals surface area contributed by atoms with Crippen molar-refractivity contribution in [3.63, 3.8) is 0 Å². The second kappa shape index (κ2) is 5.66. The van der Waals surface area contributed by atoms with E-state index in [1.807, 2.05) is 0 Å². The van der Waals surface area contributed by atoms with Gasteiger partial charge in [-0.3, -0.25) is 4.79 Å². The predicted molar refractivity (Wildman–Crippen MR) is 74.0 cm³/mol. The average Bonchev–Trinajstić information content (AvgIpc) is 2.55. The van der Waals surface area contributed by atoms with E-state index in [0.717, 1.165) is 0 Å². The molecule has 1 aromatic carbocycles. The van der Waals surface area contributed by atoms with Crippen molar-refractivity contribution in [1.82, 2.24) is 10.2 Å². The lowest BCUT2D eigenvalue weighted by molar-refractivity contribution is 0.102. The highest BCUT2D eigenvalue weighted by molar-refractivity contribution is 6.02. The summed E-state index contributed by atoms with van der Waals surface area (Å²) in [5, 5.41) is 10.3. The molecule has 0 saturated carbocycles. The summed E-state index contributed by atoms with van der Waals surface area (Å²) < 4.78 is 15.8. The van der Waals surface area contributed by atoms with Crippen LogP contribution < -0.4 is 19.5 Å². The van der Waals surface area contributed by atoms with Crippen LogP contribution in [0.1, 0.15) is 10.5 Å². The zero-order valence-electron chi connectivity index (χ0n) is 11.3. The summed E-state index contributed by atoms with van der Waals surface area (Å²) in [4.78, 5) is 12.1. The van der Waals surface area contributed by atoms with Gasteiger partial charge in [0.1, 0.15) is 13.2 Å². The van der Waals surface area contributed by atoms with Crippen LogP contribution in [0.2, 0.25) is 0 Å². The number of anilines is 1. The third-order valence-corrected chi connectivity index (χ3v) is 2.88. The summed E-state index contributed by atoms with van der Waals surface area (Å²) in [6.07, 6.45) is 0. The van der Waals surface area contributed by atoms with Crippen LogP contribution in [-0.4, -0.2) is 36.4 Å². The minimum Gasteiger partial charge on any atom is -0.486 e. The zero-order chi connectivity index (χ0) is 14.7. The Balaban J connectivity index is 1.74. The first-order chi connectivity index (χ1) is 10.3. The summed E-state index contributed by atoms with van der Waals surface area (Å²) >= 11 is 0. The fourth-order valence-electron chi connectivity index (χ4n) is 1.87. The van der Waals surface area contributed by atoms with Crippen molar-refractivity contribution in [3.8, 4) is 17.4 Å². The topological polar surface area (TPSA) is 82.6 Å². The van der Waals surface area contributed by atoms with Gasteiger partial charge in [-0.05, 0) is 18.2 Å². The summed E-state index contributed by atoms with van der Waals surface area (Å²) in [5.74, 6) is 1.27. The lowest BCUT2D eigenvalue weighted by Crippen LogP contribution is -2.17. The minimum absolute atomic E-state index is 0.200. The SMILES string of the molecule is COc1ccc(C(=O)Nc2ccc3c(c2)OCCO3)nn1. The molecule has 3 rings (SSSR count). The van der Waals surface area contributed by atoms with Crippen LogP contribution in [0.3, 0.4) is 0 Å². The largest absolute Gasteiger partial charge is 0.486 e. The molecule has 1 aromatic heterocycles. The molecule has 0 unspecified atom stereocenters. The molecule has 2 heterocycles. The smallest absolute Gasteiger partial charge is 0.276 e. The molecule has 0 radical (unpaired) electrons. The van der Waals surface area contributed by atoms with Crippen LogP contribution in [0.5, 0.6) is 17.4 Å². The van der Waals surface area contributed by atoms with Crippen molar-refractivity contribution in [2.75, 3.05) is 25.6 Å². The molecule has 0 aliphatic carbocycles. The summed E-state index contributed by atoms with van der Waals surface area (Å²) in [5.41, 5.74) is 0.799. The van der Waals surface area contributed by atoms with Crippen molar-refractivity contribution in [3.05, 3.63) is 36.0 Å². The normalized spacial score (nSPS) is 12.6. The number of ether oxygens (including phenoxy) is 3. The maximum absolute atomic E-state index is 12.1. The quantitative estimate of drug-likeness (QED) is 0.921. The number of fused-ring (bicyclic) bond motifs is 1. The number of carbonyl (C=O) groups is 1. The molecule has 108 valence electrons. The molecule has 1 aliphatic rings. The van der Waals surface area contributed by atoms with Crippen molar-refractivity contribution in [2.45, 2.75) is 0 Å². The lowest BCUT2D eigenvalue weighted by atomic mass is 10.2. The van der Waals surface area contributed by atoms with E-state index in [9.17, 15) is 4.79 Å². The fourth-order valence-corrected chi connectivity index (χ4v) is 1.87. The molecule has 0 fully saturated rings. The third-order valence-electron chi connectivity index (χ3n) is 2.88. The Morgan fingerprint density at radius 2 is 1.95 bits per heavy atom. The first kappa shape index (κ1) is 13.2. The van der Waals surface area contributed by atoms with E-state index in [4.69, 9.17) is 14.2 Å². The summed E-state index contributed by atoms with van der Waals surface area (Å²) in [7, 11) is 1.49. The van der Waals surface area contributed by atoms with Gasteiger partial charge in [-0.1, -0.05) is 0 Å². The van der Waals surface area contributed by atoms with Gasteiger partial charge in [0.05, 0.1) is 7.11 Å². The van der Waals surface area contributed by atoms with E-state index in [-0.39, 0.29) is 11.6 Å². The van der Waals surface area contributed by atoms with Gasteiger partial charge in [0.25, 0.3) is 5.91 Å². The number of hydrogen-bond donors (Lipinski definition) is 1. The van der Waals surface area contributed by atoms with Gasteiger partial charge in [-0.15, -0.1) is 10.2 Å². The average molecular weight is 287 g/mol. The molecule has 2 aromatic rings. The number of nitrogens with one attached hydrogen (secondary N) is 1. The number of aromatic nitrogens is 2. The molecule has 1 N–H and O–H groups in total. The maximum Gasteiger partial charge on any atom is 0.276 e. The van der Waals surface area contributed by atoms with E-state index in [2.05, 4.69) is 15.5 Å². The molecule has 1 amide bonds. The van der Waals surface area contributed by atoms with Crippen molar-refractivity contribution in [2.24, 2.45) is 0 Å². The Kier molecular flexibility index (Phi) is 3.55. The van der Waals surface area contributed by atoms with E-state index >= 15 is 0 Å². The molecule has 21 heavy (non-hydrogen) atoms. The highest BCUT2D eigenvalue weighted by Crippen LogP contribution is 2.32. The Bertz CT molecular complexity index is 658. The molecule has 7 nitrogen and oxygen atoms in total. The Morgan fingerprint density at radius 1 is 1.14 bits per heavy atom. The number of amides is 1. The van der Waals surface area contributed by atoms with Crippen LogP contribution in [0.25, 0.3) is 0 Å². The van der Waals surface area contributed by atoms with E-state index in [0.29, 0.717) is 36.3 Å². The van der Waals surface area contributed by atoms with Crippen LogP contribution in [-0.2, 0) is 0 Å². The first-order valence-electron chi connectivity index (χ1n) is 6.35. The molecule has 1 aliphatic heterocycles. The second-order valence-corrected chi connectivity index (χ2v) is 4.27. The third kappa shape index (κ3) is 2.86. The van der Waals surface area contributed by atoms with Crippen LogP contribution in [0, 0.1) is 0 Å². The van der Waals surface area contributed by atoms with Crippen molar-refractivity contribution >= 4 is 11.6 Å². The maximum atomic E-state index is 12.1. The van der Waals surface area contributed by atoms with Gasteiger partial charge in [-0.25, -0.2) is 0 Å². The molecule has 7 heteroatoms. The van der Waals surface area contributed by atoms with Crippen LogP contribution in [0.15, 0.2) is 30.3 Å². The fraction of sp³-hybridized carbons (Fsp3) is 0.214. The standard InChI is InChI=1S/C14H13N3O4/c1-19-13-5-3-10(16-17-13)14(18)15-9-2-4-11-12(8-9)21-7-6-20-11/h2-5,8H,6-7H2,1H3,(H,15,18). The van der Waals surface area contributed by atoms with Gasteiger partial charge in [-0.2, -0.15) is 0 Å². The molecule has 0 bridgehead atoms. The zero-order valence-corrected chi connectivity index (χ0v) is 11.3. The Hall–Kier alpha value is -2.83. The summed E-state index contributed by atoms with van der Waals surface area (Å²) in [6.45, 7) is 1.02. The molecular formula is C14H13N3O4. The van der Waals surface area contributed by atoms with Crippen LogP contribution >= 0.6 is 0 Å². The Morgan fingerprint density at radius 3 is 2.67 bits per heavy atom. The lowest BCUT2D eigenvalue weighted by Gasteiger charge is -2.18. The molecular weight excluding hydrogens is 274 g/mol. The highest BCUT2D eigenvalue weighted by atomic mass is 16.6. The van der Waals surface area contributed by atoms with Crippen molar-refractivity contribution in [1.29, 1.82) is 0 Å². The predicted octanol–water partition coefficient (Wildman–Crippen LogP) is 1.51. The number of benzene rings is 1. The van der Waals surface area contributed by atoms with Gasteiger partial charge in [0.15, 0.2) is 17.2 Å². The second-order valence-electron chi connectivity index (χ2n) is 4.27. The monoisotopic (exact) mass is 287 g/mol. The van der Waals surface area contributed by atoms with Crippen LogP contribution in [0.4, 0.5) is 5.69 Å². The van der Waals surface area contributed by atoms with Gasteiger partial charge in [0.2, 0.25) is 5.88 Å². The number of carbonyl (C=O) groups excluding carboxylic acids is 1. The highest BCUT2D eigenvalue weighted by Gasteiger charge is 2.14. The number of methoxy groups -OCH3 is 1. The molecule has 0 spiro atoms. The van der Waals surface area contributed by atoms with Gasteiger partial charge >= 0.3 is 0 Å². The minimum atomic E-state index is -0.359.